The van der Waals surface area contributed by atoms with Crippen molar-refractivity contribution in [2.45, 2.75) is 43.5 Å². The second-order valence-corrected chi connectivity index (χ2v) is 16.6. The first-order chi connectivity index (χ1) is 28.3. The minimum Gasteiger partial charge on any atom is -0.506 e. The summed E-state index contributed by atoms with van der Waals surface area (Å²) in [5.74, 6) is -1.05. The van der Waals surface area contributed by atoms with Crippen LogP contribution in [-0.4, -0.2) is 68.0 Å². The number of nitrogens with zero attached hydrogens (tertiary/aromatic N) is 6. The fraction of sp³-hybridized carbons (Fsp3) is 0.179. The van der Waals surface area contributed by atoms with Gasteiger partial charge in [0.1, 0.15) is 39.9 Å². The molecule has 0 aliphatic heterocycles. The number of sulfonamides is 2. The average Bonchev–Trinajstić information content (AvgIpc) is 3.49. The van der Waals surface area contributed by atoms with Gasteiger partial charge in [0.25, 0.3) is 0 Å². The number of aryl methyl sites for hydroxylation is 1. The van der Waals surface area contributed by atoms with Crippen molar-refractivity contribution in [1.82, 2.24) is 19.2 Å². The first kappa shape index (κ1) is 49.1. The van der Waals surface area contributed by atoms with E-state index in [9.17, 15) is 41.7 Å². The maximum Gasteiger partial charge on any atom is 1.00 e. The van der Waals surface area contributed by atoms with E-state index in [4.69, 9.17) is 5.73 Å². The van der Waals surface area contributed by atoms with Crippen LogP contribution >= 0.6 is 0 Å². The van der Waals surface area contributed by atoms with Gasteiger partial charge in [0.05, 0.1) is 21.2 Å². The predicted molar refractivity (Wildman–Crippen MR) is 228 cm³/mol. The monoisotopic (exact) mass is 912 g/mol. The van der Waals surface area contributed by atoms with Gasteiger partial charge >= 0.3 is 1.43 Å². The molecule has 0 saturated carbocycles. The normalized spacial score (nSPS) is 11.5. The van der Waals surface area contributed by atoms with E-state index in [0.717, 1.165) is 12.1 Å². The molecule has 6 rings (SSSR count). The smallest absolute Gasteiger partial charge is 0.506 e. The summed E-state index contributed by atoms with van der Waals surface area (Å²) in [5.41, 5.74) is 5.88. The number of anilines is 1. The summed E-state index contributed by atoms with van der Waals surface area (Å²) in [7, 11) is -4.92. The number of para-hydroxylation sites is 1. The molecule has 5 aromatic carbocycles. The third-order valence-corrected chi connectivity index (χ3v) is 10.7. The number of nitrogens with one attached hydrogen (secondary N) is 3. The van der Waals surface area contributed by atoms with E-state index in [1.54, 1.807) is 55.5 Å². The number of hydrogen-bond donors (Lipinski definition) is 7. The van der Waals surface area contributed by atoms with Crippen molar-refractivity contribution in [3.05, 3.63) is 113 Å². The summed E-state index contributed by atoms with van der Waals surface area (Å²) in [6.45, 7) is 6.85. The van der Waals surface area contributed by atoms with Gasteiger partial charge in [-0.15, -0.1) is 15.9 Å². The van der Waals surface area contributed by atoms with Crippen LogP contribution in [0.5, 0.6) is 17.2 Å². The molecule has 0 fully saturated rings. The zero-order valence-corrected chi connectivity index (χ0v) is 36.5. The van der Waals surface area contributed by atoms with Gasteiger partial charge in [0.2, 0.25) is 26.0 Å². The van der Waals surface area contributed by atoms with E-state index in [1.807, 2.05) is 19.9 Å². The van der Waals surface area contributed by atoms with Crippen molar-refractivity contribution in [2.24, 2.45) is 26.2 Å². The third-order valence-electron chi connectivity index (χ3n) is 7.86. The number of amides is 1. The topological polar surface area (TPSA) is 292 Å². The van der Waals surface area contributed by atoms with Gasteiger partial charge in [-0.05, 0) is 86.2 Å². The maximum absolute atomic E-state index is 12.5. The van der Waals surface area contributed by atoms with E-state index in [2.05, 4.69) is 40.3 Å². The van der Waals surface area contributed by atoms with Crippen LogP contribution in [0.15, 0.2) is 132 Å². The van der Waals surface area contributed by atoms with E-state index in [1.165, 1.54) is 56.0 Å². The summed E-state index contributed by atoms with van der Waals surface area (Å²) >= 11 is 0. The van der Waals surface area contributed by atoms with Gasteiger partial charge in [0.15, 0.2) is 0 Å². The molecular formula is C39H44CrN10O9S2. The first-order valence-electron chi connectivity index (χ1n) is 17.8. The zero-order chi connectivity index (χ0) is 44.4. The molecule has 61 heavy (non-hydrogen) atoms. The van der Waals surface area contributed by atoms with Gasteiger partial charge in [0, 0.05) is 29.7 Å². The number of fused-ring (bicyclic) bond motifs is 1. The molecule has 1 aromatic heterocycles. The Hall–Kier alpha value is -6.25. The van der Waals surface area contributed by atoms with Crippen LogP contribution in [0.1, 0.15) is 27.9 Å². The van der Waals surface area contributed by atoms with Crippen LogP contribution in [0.2, 0.25) is 0 Å². The summed E-state index contributed by atoms with van der Waals surface area (Å²) in [6, 6.07) is 24.6. The van der Waals surface area contributed by atoms with Crippen LogP contribution in [0.25, 0.3) is 16.5 Å². The molecule has 0 radical (unpaired) electrons. The van der Waals surface area contributed by atoms with E-state index in [-0.39, 0.29) is 74.5 Å². The number of azo groups is 2. The number of carbonyl (C=O) groups is 1. The molecule has 19 nitrogen and oxygen atoms in total. The van der Waals surface area contributed by atoms with Gasteiger partial charge in [-0.2, -0.15) is 5.11 Å². The second-order valence-electron chi connectivity index (χ2n) is 12.9. The summed E-state index contributed by atoms with van der Waals surface area (Å²) in [6.07, 6.45) is 0. The standard InChI is InChI=1S/C19H18N4O5S.C17H16N5O4S.C3H9N.Cr/c1-11(24)21-14-5-3-4-12-6-8-17(26)19(18(12)14)23-22-15-10-13(7-9-16(15)25)29(27,28)20-2;1-11-16(17(24)22(21-11)12-6-4-3-5-7-12)20-19-14-10-13(8-9-15(14)23)27(25,26)18-2;1-3(2)4;/h3-10,20,25-26H,1-2H3,(H,21,24);3-10,18,23H,1-2H3;3H,4H2,1-2H3;/q;-1;;/p+1. The number of phenols is 3. The number of aromatic hydroxyl groups is 3. The fourth-order valence-corrected chi connectivity index (χ4v) is 6.55. The molecule has 22 heteroatoms. The Kier molecular flexibility index (Phi) is 17.2. The number of phenolic OH excluding ortho intramolecular Hbond substituents is 3. The summed E-state index contributed by atoms with van der Waals surface area (Å²) in [5, 5.41) is 53.9. The Morgan fingerprint density at radius 1 is 0.787 bits per heavy atom. The molecule has 8 N–H and O–H groups in total. The molecule has 0 bridgehead atoms. The summed E-state index contributed by atoms with van der Waals surface area (Å²) < 4.78 is 53.2. The first-order valence-corrected chi connectivity index (χ1v) is 20.7. The average molecular weight is 913 g/mol. The Morgan fingerprint density at radius 2 is 1.31 bits per heavy atom. The SMILES string of the molecule is CC(C)N.CNS(=O)(=O)c1ccc(O)c(N=N[c-]2c(C)nn(-c3ccccc3)c2=O)c1.CNS(=O)(=O)c1ccc(O)c(N=Nc2c(O)ccc3cccc(NC(C)=O)c23)c1.[Cr].[H+]. The van der Waals surface area contributed by atoms with Crippen molar-refractivity contribution in [2.75, 3.05) is 19.4 Å². The van der Waals surface area contributed by atoms with Crippen LogP contribution < -0.4 is 26.1 Å². The van der Waals surface area contributed by atoms with Crippen molar-refractivity contribution in [1.29, 1.82) is 0 Å². The molecule has 0 aliphatic rings. The summed E-state index contributed by atoms with van der Waals surface area (Å²) in [4.78, 5) is 23.9. The Labute approximate surface area is 363 Å². The van der Waals surface area contributed by atoms with Crippen LogP contribution in [0.4, 0.5) is 28.4 Å². The van der Waals surface area contributed by atoms with Crippen molar-refractivity contribution in [3.8, 4) is 22.9 Å². The number of hydrogen-bond acceptors (Lipinski definition) is 15. The molecule has 1 amide bonds. The molecule has 0 unspecified atom stereocenters. The number of nitrogens with two attached hydrogens (primary N) is 1. The molecule has 322 valence electrons. The van der Waals surface area contributed by atoms with Crippen LogP contribution in [0, 0.1) is 6.92 Å². The zero-order valence-electron chi connectivity index (χ0n) is 34.6. The molecule has 0 spiro atoms. The van der Waals surface area contributed by atoms with Gasteiger partial charge in [-0.1, -0.05) is 62.9 Å². The quantitative estimate of drug-likeness (QED) is 0.0592. The third kappa shape index (κ3) is 12.6. The second kappa shape index (κ2) is 21.3. The molecule has 0 atom stereocenters. The number of carbonyl (C=O) groups excluding carboxylic acids is 1. The van der Waals surface area contributed by atoms with Crippen LogP contribution in [-0.2, 0) is 42.2 Å². The van der Waals surface area contributed by atoms with Crippen molar-refractivity contribution in [3.63, 3.8) is 0 Å². The Balaban J connectivity index is 0.000000382. The van der Waals surface area contributed by atoms with Gasteiger partial charge in [-0.3, -0.25) is 4.79 Å². The Morgan fingerprint density at radius 3 is 1.84 bits per heavy atom. The van der Waals surface area contributed by atoms with Crippen molar-refractivity contribution >= 4 is 65.2 Å². The van der Waals surface area contributed by atoms with Crippen molar-refractivity contribution < 1.29 is 55.7 Å². The molecule has 6 aromatic rings. The molecule has 0 saturated heterocycles. The fourth-order valence-electron chi connectivity index (χ4n) is 5.05. The minimum atomic E-state index is -3.74. The van der Waals surface area contributed by atoms with Crippen LogP contribution in [0.3, 0.4) is 0 Å². The van der Waals surface area contributed by atoms with E-state index >= 15 is 0 Å². The maximum atomic E-state index is 12.5. The predicted octanol–water partition coefficient (Wildman–Crippen LogP) is 6.29. The van der Waals surface area contributed by atoms with Gasteiger partial charge < -0.3 is 36.3 Å². The minimum absolute atomic E-state index is 0. The number of aromatic nitrogens is 2. The largest absolute Gasteiger partial charge is 1.00 e. The number of benzene rings is 5. The molecule has 1 heterocycles. The number of rotatable bonds is 10. The van der Waals surface area contributed by atoms with E-state index < -0.39 is 25.6 Å². The molecular weight excluding hydrogens is 869 g/mol. The van der Waals surface area contributed by atoms with Gasteiger partial charge in [-0.25, -0.2) is 36.1 Å². The van der Waals surface area contributed by atoms with E-state index in [0.29, 0.717) is 33.9 Å². The molecule has 0 aliphatic carbocycles. The Bertz CT molecular complexity index is 2850.